The fourth-order valence-electron chi connectivity index (χ4n) is 3.20. The number of hydrogen-bond acceptors (Lipinski definition) is 5. The predicted octanol–water partition coefficient (Wildman–Crippen LogP) is 1.01. The number of nitrogens with one attached hydrogen (secondary N) is 2. The number of hydrogen-bond donors (Lipinski definition) is 2. The zero-order chi connectivity index (χ0) is 18.4. The van der Waals surface area contributed by atoms with Crippen molar-refractivity contribution in [3.63, 3.8) is 0 Å². The maximum atomic E-state index is 11.8. The second kappa shape index (κ2) is 8.53. The second-order valence-corrected chi connectivity index (χ2v) is 6.18. The summed E-state index contributed by atoms with van der Waals surface area (Å²) in [5, 5.41) is 5.03. The molecule has 0 radical (unpaired) electrons. The number of para-hydroxylation sites is 1. The van der Waals surface area contributed by atoms with Gasteiger partial charge in [0.1, 0.15) is 5.76 Å². The van der Waals surface area contributed by atoms with Gasteiger partial charge in [-0.05, 0) is 24.3 Å². The minimum absolute atomic E-state index is 0.100. The summed E-state index contributed by atoms with van der Waals surface area (Å²) in [5.41, 5.74) is 1.22. The SMILES string of the molecule is CNC(=O)C(=O)NC[C@H](c1ccco1)N1CCN(c2ccccc2)CC1. The molecule has 7 nitrogen and oxygen atoms in total. The van der Waals surface area contributed by atoms with Gasteiger partial charge in [0, 0.05) is 45.5 Å². The first kappa shape index (κ1) is 18.0. The Balaban J connectivity index is 1.63. The number of benzene rings is 1. The molecule has 0 spiro atoms. The van der Waals surface area contributed by atoms with E-state index in [1.807, 2.05) is 30.3 Å². The van der Waals surface area contributed by atoms with Crippen LogP contribution in [0.1, 0.15) is 11.8 Å². The van der Waals surface area contributed by atoms with E-state index in [-0.39, 0.29) is 6.04 Å². The van der Waals surface area contributed by atoms with Gasteiger partial charge in [-0.3, -0.25) is 14.5 Å². The Morgan fingerprint density at radius 3 is 2.38 bits per heavy atom. The first-order valence-corrected chi connectivity index (χ1v) is 8.76. The normalized spacial score (nSPS) is 16.1. The molecule has 2 heterocycles. The highest BCUT2D eigenvalue weighted by Gasteiger charge is 2.28. The molecule has 1 aromatic carbocycles. The van der Waals surface area contributed by atoms with Crippen molar-refractivity contribution < 1.29 is 14.0 Å². The molecule has 0 aliphatic carbocycles. The largest absolute Gasteiger partial charge is 0.468 e. The van der Waals surface area contributed by atoms with Crippen LogP contribution < -0.4 is 15.5 Å². The van der Waals surface area contributed by atoms with Crippen LogP contribution in [0.25, 0.3) is 0 Å². The molecule has 3 rings (SSSR count). The highest BCUT2D eigenvalue weighted by Crippen LogP contribution is 2.24. The lowest BCUT2D eigenvalue weighted by atomic mass is 10.1. The third-order valence-electron chi connectivity index (χ3n) is 4.64. The van der Waals surface area contributed by atoms with Crippen LogP contribution >= 0.6 is 0 Å². The summed E-state index contributed by atoms with van der Waals surface area (Å²) in [4.78, 5) is 27.8. The summed E-state index contributed by atoms with van der Waals surface area (Å²) >= 11 is 0. The third kappa shape index (κ3) is 4.23. The number of amides is 2. The van der Waals surface area contributed by atoms with Gasteiger partial charge < -0.3 is 20.0 Å². The topological polar surface area (TPSA) is 77.8 Å². The highest BCUT2D eigenvalue weighted by atomic mass is 16.3. The van der Waals surface area contributed by atoms with E-state index in [0.717, 1.165) is 31.9 Å². The number of piperazine rings is 1. The summed E-state index contributed by atoms with van der Waals surface area (Å²) in [6, 6.07) is 14.0. The van der Waals surface area contributed by atoms with Crippen molar-refractivity contribution in [2.75, 3.05) is 44.7 Å². The van der Waals surface area contributed by atoms with Crippen molar-refractivity contribution in [1.82, 2.24) is 15.5 Å². The number of rotatable bonds is 5. The fraction of sp³-hybridized carbons (Fsp3) is 0.368. The minimum Gasteiger partial charge on any atom is -0.468 e. The number of anilines is 1. The average Bonchev–Trinajstić information content (AvgIpc) is 3.23. The number of likely N-dealkylation sites (N-methyl/N-ethyl adjacent to an activating group) is 1. The molecular formula is C19H24N4O3. The Morgan fingerprint density at radius 1 is 1.04 bits per heavy atom. The predicted molar refractivity (Wildman–Crippen MR) is 98.8 cm³/mol. The molecule has 2 aromatic rings. The summed E-state index contributed by atoms with van der Waals surface area (Å²) in [6.07, 6.45) is 1.63. The van der Waals surface area contributed by atoms with E-state index in [1.165, 1.54) is 12.7 Å². The number of carbonyl (C=O) groups excluding carboxylic acids is 2. The van der Waals surface area contributed by atoms with E-state index in [1.54, 1.807) is 6.26 Å². The zero-order valence-corrected chi connectivity index (χ0v) is 14.9. The summed E-state index contributed by atoms with van der Waals surface area (Å²) in [7, 11) is 1.44. The molecule has 7 heteroatoms. The summed E-state index contributed by atoms with van der Waals surface area (Å²) in [5.74, 6) is -0.487. The average molecular weight is 356 g/mol. The molecule has 2 N–H and O–H groups in total. The lowest BCUT2D eigenvalue weighted by molar-refractivity contribution is -0.139. The van der Waals surface area contributed by atoms with E-state index >= 15 is 0 Å². The molecule has 0 unspecified atom stereocenters. The lowest BCUT2D eigenvalue weighted by Crippen LogP contribution is -2.50. The number of furan rings is 1. The first-order valence-electron chi connectivity index (χ1n) is 8.76. The van der Waals surface area contributed by atoms with Crippen LogP contribution in [0.5, 0.6) is 0 Å². The zero-order valence-electron chi connectivity index (χ0n) is 14.9. The lowest BCUT2D eigenvalue weighted by Gasteiger charge is -2.39. The smallest absolute Gasteiger partial charge is 0.309 e. The monoisotopic (exact) mass is 356 g/mol. The second-order valence-electron chi connectivity index (χ2n) is 6.18. The Morgan fingerprint density at radius 2 is 1.77 bits per heavy atom. The fourth-order valence-corrected chi connectivity index (χ4v) is 3.20. The molecule has 1 saturated heterocycles. The van der Waals surface area contributed by atoms with Crippen molar-refractivity contribution in [1.29, 1.82) is 0 Å². The number of nitrogens with zero attached hydrogens (tertiary/aromatic N) is 2. The molecule has 0 bridgehead atoms. The highest BCUT2D eigenvalue weighted by molar-refractivity contribution is 6.35. The van der Waals surface area contributed by atoms with Gasteiger partial charge in [-0.2, -0.15) is 0 Å². The van der Waals surface area contributed by atoms with Crippen LogP contribution in [-0.4, -0.2) is 56.5 Å². The van der Waals surface area contributed by atoms with Gasteiger partial charge in [0.05, 0.1) is 12.3 Å². The van der Waals surface area contributed by atoms with E-state index in [9.17, 15) is 9.59 Å². The maximum absolute atomic E-state index is 11.8. The molecule has 1 fully saturated rings. The van der Waals surface area contributed by atoms with Gasteiger partial charge in [0.25, 0.3) is 0 Å². The van der Waals surface area contributed by atoms with E-state index < -0.39 is 11.8 Å². The van der Waals surface area contributed by atoms with Crippen LogP contribution in [0, 0.1) is 0 Å². The van der Waals surface area contributed by atoms with Crippen LogP contribution in [0.15, 0.2) is 53.1 Å². The Kier molecular flexibility index (Phi) is 5.91. The Bertz CT molecular complexity index is 710. The van der Waals surface area contributed by atoms with Crippen LogP contribution in [0.4, 0.5) is 5.69 Å². The van der Waals surface area contributed by atoms with Gasteiger partial charge in [0.15, 0.2) is 0 Å². The van der Waals surface area contributed by atoms with Gasteiger partial charge >= 0.3 is 11.8 Å². The molecule has 2 amide bonds. The van der Waals surface area contributed by atoms with Gasteiger partial charge in [-0.25, -0.2) is 0 Å². The molecule has 26 heavy (non-hydrogen) atoms. The number of carbonyl (C=O) groups is 2. The molecule has 1 aliphatic heterocycles. The summed E-state index contributed by atoms with van der Waals surface area (Å²) in [6.45, 7) is 3.80. The minimum atomic E-state index is -0.642. The molecule has 1 atom stereocenters. The van der Waals surface area contributed by atoms with Crippen molar-refractivity contribution in [2.24, 2.45) is 0 Å². The molecule has 1 aromatic heterocycles. The molecule has 138 valence electrons. The van der Waals surface area contributed by atoms with E-state index in [2.05, 4.69) is 32.6 Å². The molecule has 0 saturated carbocycles. The first-order chi connectivity index (χ1) is 12.7. The van der Waals surface area contributed by atoms with Crippen molar-refractivity contribution in [3.8, 4) is 0 Å². The maximum Gasteiger partial charge on any atom is 0.309 e. The summed E-state index contributed by atoms with van der Waals surface area (Å²) < 4.78 is 5.57. The third-order valence-corrected chi connectivity index (χ3v) is 4.64. The Labute approximate surface area is 153 Å². The molecular weight excluding hydrogens is 332 g/mol. The van der Waals surface area contributed by atoms with E-state index in [4.69, 9.17) is 4.42 Å². The van der Waals surface area contributed by atoms with Crippen molar-refractivity contribution in [3.05, 3.63) is 54.5 Å². The Hall–Kier alpha value is -2.80. The van der Waals surface area contributed by atoms with Gasteiger partial charge in [0.2, 0.25) is 0 Å². The molecule has 1 aliphatic rings. The van der Waals surface area contributed by atoms with Gasteiger partial charge in [-0.1, -0.05) is 18.2 Å². The van der Waals surface area contributed by atoms with E-state index in [0.29, 0.717) is 6.54 Å². The van der Waals surface area contributed by atoms with Crippen molar-refractivity contribution in [2.45, 2.75) is 6.04 Å². The van der Waals surface area contributed by atoms with Crippen molar-refractivity contribution >= 4 is 17.5 Å². The quantitative estimate of drug-likeness (QED) is 0.782. The van der Waals surface area contributed by atoms with Gasteiger partial charge in [-0.15, -0.1) is 0 Å². The standard InChI is InChI=1S/C19H24N4O3/c1-20-18(24)19(25)21-14-16(17-8-5-13-26-17)23-11-9-22(10-12-23)15-6-3-2-4-7-15/h2-8,13,16H,9-12,14H2,1H3,(H,20,24)(H,21,25)/t16-/m1/s1. The van der Waals surface area contributed by atoms with Crippen LogP contribution in [0.2, 0.25) is 0 Å². The van der Waals surface area contributed by atoms with Crippen LogP contribution in [-0.2, 0) is 9.59 Å². The van der Waals surface area contributed by atoms with Crippen LogP contribution in [0.3, 0.4) is 0 Å².